The molecule has 4 atom stereocenters. The van der Waals surface area contributed by atoms with Crippen molar-refractivity contribution in [3.8, 4) is 16.6 Å². The summed E-state index contributed by atoms with van der Waals surface area (Å²) in [7, 11) is 0. The van der Waals surface area contributed by atoms with E-state index in [0.717, 1.165) is 74.1 Å². The first-order valence-electron chi connectivity index (χ1n) is 16.9. The number of Topliss-reactive ketones (excluding diaryl/α,β-unsaturated/α-hetero) is 1. The van der Waals surface area contributed by atoms with Crippen molar-refractivity contribution in [1.82, 2.24) is 14.9 Å². The number of amides is 1. The van der Waals surface area contributed by atoms with Crippen molar-refractivity contribution in [3.63, 3.8) is 0 Å². The molecule has 2 N–H and O–H groups in total. The van der Waals surface area contributed by atoms with Gasteiger partial charge in [-0.1, -0.05) is 45.7 Å². The summed E-state index contributed by atoms with van der Waals surface area (Å²) in [6, 6.07) is 14.1. The average molecular weight is 874 g/mol. The predicted molar refractivity (Wildman–Crippen MR) is 219 cm³/mol. The third-order valence-corrected chi connectivity index (χ3v) is 12.9. The number of hydrogen-bond donors (Lipinski definition) is 1. The van der Waals surface area contributed by atoms with Gasteiger partial charge in [0, 0.05) is 38.3 Å². The summed E-state index contributed by atoms with van der Waals surface area (Å²) >= 11 is 11.7. The van der Waals surface area contributed by atoms with Crippen molar-refractivity contribution in [2.75, 3.05) is 5.73 Å². The molecule has 8 nitrogen and oxygen atoms in total. The van der Waals surface area contributed by atoms with Crippen molar-refractivity contribution in [1.29, 1.82) is 5.26 Å². The smallest absolute Gasteiger partial charge is 0.411 e. The average Bonchev–Trinajstić information content (AvgIpc) is 3.70. The number of thiazole rings is 2. The van der Waals surface area contributed by atoms with Crippen LogP contribution in [0.1, 0.15) is 89.2 Å². The molecule has 1 amide bonds. The van der Waals surface area contributed by atoms with E-state index in [1.807, 2.05) is 62.9 Å². The van der Waals surface area contributed by atoms with Gasteiger partial charge in [-0.2, -0.15) is 5.26 Å². The molecule has 0 radical (unpaired) electrons. The molecule has 270 valence electrons. The molecular weight excluding hydrogens is 830 g/mol. The Labute approximate surface area is 328 Å². The number of nitrogens with zero attached hydrogens (tertiary/aromatic N) is 4. The van der Waals surface area contributed by atoms with E-state index in [-0.39, 0.29) is 18.2 Å². The Bertz CT molecular complexity index is 2080. The molecule has 7 rings (SSSR count). The highest BCUT2D eigenvalue weighted by Crippen LogP contribution is 2.49. The molecular formula is C38H43Br2N5O3S3. The zero-order valence-electron chi connectivity index (χ0n) is 29.9. The minimum absolute atomic E-state index is 0.0172. The molecule has 5 aromatic rings. The van der Waals surface area contributed by atoms with Crippen molar-refractivity contribution < 1.29 is 14.3 Å². The second-order valence-corrected chi connectivity index (χ2v) is 19.4. The molecule has 1 fully saturated rings. The highest BCUT2D eigenvalue weighted by Gasteiger charge is 2.39. The molecule has 4 unspecified atom stereocenters. The molecule has 3 aromatic heterocycles. The standard InChI is InChI=1S/C21H24BrN3O2S2.C9H5BrN2S.C8H14O/c1-10-8-13-16(19-24-14-9-12(22)6-7-15(14)28-19)18(23)29-17(13)11(2)25(10)20(26)27-21(3,4)5;10-6-1-2-8-7(5-6)12-9(13-8)3-4-11;1-6-3-7(2)5-8(9)4-6/h6-7,9-11H,8,23H2,1-5H3;1-2,5H,3H2;6-7H,3-5H2,1-2H3. The quantitative estimate of drug-likeness (QED) is 0.187. The lowest BCUT2D eigenvalue weighted by Crippen LogP contribution is -2.46. The van der Waals surface area contributed by atoms with Gasteiger partial charge in [0.2, 0.25) is 0 Å². The molecule has 13 heteroatoms. The van der Waals surface area contributed by atoms with Gasteiger partial charge in [0.15, 0.2) is 0 Å². The van der Waals surface area contributed by atoms with Gasteiger partial charge in [-0.05, 0) is 101 Å². The fraction of sp³-hybridized carbons (Fsp3) is 0.447. The van der Waals surface area contributed by atoms with Gasteiger partial charge in [-0.25, -0.2) is 14.8 Å². The van der Waals surface area contributed by atoms with Crippen LogP contribution in [0.25, 0.3) is 31.0 Å². The number of ketones is 1. The molecule has 0 saturated heterocycles. The maximum atomic E-state index is 12.8. The summed E-state index contributed by atoms with van der Waals surface area (Å²) in [5.41, 5.74) is 10.1. The van der Waals surface area contributed by atoms with Crippen LogP contribution in [0.5, 0.6) is 0 Å². The number of nitriles is 1. The zero-order chi connectivity index (χ0) is 37.2. The normalized spacial score (nSPS) is 20.2. The van der Waals surface area contributed by atoms with E-state index >= 15 is 0 Å². The maximum absolute atomic E-state index is 12.8. The Morgan fingerprint density at radius 2 is 1.55 bits per heavy atom. The van der Waals surface area contributed by atoms with E-state index in [4.69, 9.17) is 20.7 Å². The van der Waals surface area contributed by atoms with Crippen LogP contribution >= 0.6 is 65.9 Å². The molecule has 4 heterocycles. The summed E-state index contributed by atoms with van der Waals surface area (Å²) in [5, 5.41) is 11.1. The highest BCUT2D eigenvalue weighted by atomic mass is 79.9. The number of fused-ring (bicyclic) bond motifs is 3. The van der Waals surface area contributed by atoms with Gasteiger partial charge in [-0.15, -0.1) is 34.0 Å². The van der Waals surface area contributed by atoms with E-state index in [9.17, 15) is 9.59 Å². The topological polar surface area (TPSA) is 122 Å². The third-order valence-electron chi connectivity index (χ3n) is 8.59. The van der Waals surface area contributed by atoms with Crippen LogP contribution in [-0.4, -0.2) is 38.4 Å². The minimum Gasteiger partial charge on any atom is -0.444 e. The fourth-order valence-corrected chi connectivity index (χ4v) is 10.5. The fourth-order valence-electron chi connectivity index (χ4n) is 6.65. The number of halogens is 2. The zero-order valence-corrected chi connectivity index (χ0v) is 35.5. The lowest BCUT2D eigenvalue weighted by molar-refractivity contribution is -0.122. The summed E-state index contributed by atoms with van der Waals surface area (Å²) in [5.74, 6) is 1.74. The molecule has 2 aromatic carbocycles. The number of carbonyl (C=O) groups is 2. The summed E-state index contributed by atoms with van der Waals surface area (Å²) in [6.07, 6.45) is 3.75. The number of rotatable bonds is 2. The number of ether oxygens (including phenoxy) is 1. The van der Waals surface area contributed by atoms with Crippen LogP contribution < -0.4 is 5.73 Å². The van der Waals surface area contributed by atoms with Crippen molar-refractivity contribution in [2.45, 2.75) is 98.3 Å². The number of benzene rings is 2. The predicted octanol–water partition coefficient (Wildman–Crippen LogP) is 11.7. The molecule has 2 aliphatic rings. The number of carbonyl (C=O) groups excluding carboxylic acids is 2. The number of nitrogen functional groups attached to an aromatic ring is 1. The molecule has 0 spiro atoms. The Hall–Kier alpha value is -2.89. The molecule has 51 heavy (non-hydrogen) atoms. The Morgan fingerprint density at radius 1 is 0.961 bits per heavy atom. The van der Waals surface area contributed by atoms with Crippen molar-refractivity contribution >= 4 is 103 Å². The van der Waals surface area contributed by atoms with Gasteiger partial charge in [0.1, 0.15) is 21.4 Å². The van der Waals surface area contributed by atoms with E-state index < -0.39 is 5.60 Å². The van der Waals surface area contributed by atoms with E-state index in [1.165, 1.54) is 12.0 Å². The molecule has 1 aliphatic carbocycles. The van der Waals surface area contributed by atoms with E-state index in [2.05, 4.69) is 69.8 Å². The summed E-state index contributed by atoms with van der Waals surface area (Å²) in [6.45, 7) is 14.1. The Morgan fingerprint density at radius 3 is 2.12 bits per heavy atom. The largest absolute Gasteiger partial charge is 0.444 e. The number of hydrogen-bond acceptors (Lipinski definition) is 10. The monoisotopic (exact) mass is 871 g/mol. The molecule has 1 aliphatic heterocycles. The van der Waals surface area contributed by atoms with E-state index in [1.54, 1.807) is 34.0 Å². The Kier molecular flexibility index (Phi) is 12.7. The molecule has 0 bridgehead atoms. The SMILES string of the molecule is CC1CC(=O)CC(C)C1.CC1Cc2c(sc(N)c2-c2nc3cc(Br)ccc3s2)C(C)N1C(=O)OC(C)(C)C.N#CCc1nc2cc(Br)ccc2s1. The van der Waals surface area contributed by atoms with Crippen molar-refractivity contribution in [2.24, 2.45) is 11.8 Å². The number of nitrogens with two attached hydrogens (primary N) is 1. The highest BCUT2D eigenvalue weighted by molar-refractivity contribution is 9.10. The van der Waals surface area contributed by atoms with Crippen LogP contribution in [0.15, 0.2) is 45.3 Å². The number of aromatic nitrogens is 2. The van der Waals surface area contributed by atoms with Gasteiger partial charge >= 0.3 is 6.09 Å². The van der Waals surface area contributed by atoms with Gasteiger partial charge in [0.05, 0.1) is 44.0 Å². The first-order valence-corrected chi connectivity index (χ1v) is 21.0. The maximum Gasteiger partial charge on any atom is 0.411 e. The van der Waals surface area contributed by atoms with Gasteiger partial charge in [-0.3, -0.25) is 9.69 Å². The van der Waals surface area contributed by atoms with Crippen LogP contribution in [-0.2, 0) is 22.4 Å². The lowest BCUT2D eigenvalue weighted by Gasteiger charge is -2.39. The third kappa shape index (κ3) is 9.76. The number of anilines is 1. The van der Waals surface area contributed by atoms with Crippen LogP contribution in [0.3, 0.4) is 0 Å². The first-order chi connectivity index (χ1) is 24.0. The minimum atomic E-state index is -0.522. The van der Waals surface area contributed by atoms with Crippen LogP contribution in [0, 0.1) is 23.2 Å². The van der Waals surface area contributed by atoms with E-state index in [0.29, 0.717) is 24.0 Å². The van der Waals surface area contributed by atoms with Crippen LogP contribution in [0.4, 0.5) is 9.80 Å². The first kappa shape index (κ1) is 39.3. The second-order valence-electron chi connectivity index (χ2n) is 14.4. The summed E-state index contributed by atoms with van der Waals surface area (Å²) in [4.78, 5) is 35.8. The summed E-state index contributed by atoms with van der Waals surface area (Å²) < 4.78 is 9.95. The number of thiophene rings is 1. The second kappa shape index (κ2) is 16.4. The lowest BCUT2D eigenvalue weighted by atomic mass is 9.83. The van der Waals surface area contributed by atoms with Crippen LogP contribution in [0.2, 0.25) is 0 Å². The van der Waals surface area contributed by atoms with Gasteiger partial charge in [0.25, 0.3) is 0 Å². The Balaban J connectivity index is 0.000000187. The van der Waals surface area contributed by atoms with Gasteiger partial charge < -0.3 is 10.5 Å². The van der Waals surface area contributed by atoms with Crippen molar-refractivity contribution in [3.05, 3.63) is 60.8 Å². The molecule has 1 saturated carbocycles.